The molecule has 94 valence electrons. The van der Waals surface area contributed by atoms with Crippen molar-refractivity contribution in [2.75, 3.05) is 11.1 Å². The molecule has 6 nitrogen and oxygen atoms in total. The second kappa shape index (κ2) is 4.62. The Labute approximate surface area is 112 Å². The van der Waals surface area contributed by atoms with Gasteiger partial charge in [-0.2, -0.15) is 0 Å². The topological polar surface area (TPSA) is 93.8 Å². The summed E-state index contributed by atoms with van der Waals surface area (Å²) in [5, 5.41) is 12.1. The molecule has 0 aliphatic heterocycles. The zero-order valence-corrected chi connectivity index (χ0v) is 10.5. The van der Waals surface area contributed by atoms with Crippen molar-refractivity contribution in [3.63, 3.8) is 0 Å². The van der Waals surface area contributed by atoms with Gasteiger partial charge >= 0.3 is 0 Å². The Morgan fingerprint density at radius 1 is 1.26 bits per heavy atom. The first-order chi connectivity index (χ1) is 9.25. The minimum atomic E-state index is -0.277. The Kier molecular flexibility index (Phi) is 2.81. The number of carbonyl (C=O) groups excluding carboxylic acids is 1. The molecule has 2 heterocycles. The van der Waals surface area contributed by atoms with E-state index in [9.17, 15) is 4.79 Å². The first-order valence-electron chi connectivity index (χ1n) is 5.46. The minimum absolute atomic E-state index is 0.277. The third-order valence-electron chi connectivity index (χ3n) is 2.65. The van der Waals surface area contributed by atoms with E-state index in [4.69, 9.17) is 5.73 Å². The number of nitrogen functional groups attached to an aromatic ring is 1. The second-order valence-electron chi connectivity index (χ2n) is 3.80. The summed E-state index contributed by atoms with van der Waals surface area (Å²) in [6.45, 7) is 0. The van der Waals surface area contributed by atoms with E-state index in [-0.39, 0.29) is 5.91 Å². The van der Waals surface area contributed by atoms with Crippen LogP contribution in [0.5, 0.6) is 0 Å². The molecule has 0 atom stereocenters. The molecule has 0 aliphatic rings. The fourth-order valence-corrected chi connectivity index (χ4v) is 2.23. The van der Waals surface area contributed by atoms with Gasteiger partial charge in [-0.05, 0) is 5.39 Å². The normalized spacial score (nSPS) is 10.5. The SMILES string of the molecule is Nc1ncc(C(=O)Nc2nncs2)c2ccccc12. The number of nitrogens with two attached hydrogens (primary N) is 1. The van der Waals surface area contributed by atoms with Gasteiger partial charge in [-0.3, -0.25) is 10.1 Å². The molecule has 19 heavy (non-hydrogen) atoms. The number of rotatable bonds is 2. The summed E-state index contributed by atoms with van der Waals surface area (Å²) >= 11 is 1.26. The highest BCUT2D eigenvalue weighted by Gasteiger charge is 2.13. The summed E-state index contributed by atoms with van der Waals surface area (Å²) in [6.07, 6.45) is 1.47. The van der Waals surface area contributed by atoms with E-state index in [2.05, 4.69) is 20.5 Å². The third kappa shape index (κ3) is 2.11. The molecular weight excluding hydrogens is 262 g/mol. The predicted molar refractivity (Wildman–Crippen MR) is 74.0 cm³/mol. The van der Waals surface area contributed by atoms with Gasteiger partial charge in [-0.25, -0.2) is 4.98 Å². The van der Waals surface area contributed by atoms with E-state index in [1.165, 1.54) is 17.5 Å². The van der Waals surface area contributed by atoms with Crippen LogP contribution in [-0.4, -0.2) is 21.1 Å². The smallest absolute Gasteiger partial charge is 0.259 e. The Morgan fingerprint density at radius 2 is 2.05 bits per heavy atom. The summed E-state index contributed by atoms with van der Waals surface area (Å²) in [4.78, 5) is 16.2. The average Bonchev–Trinajstić information content (AvgIpc) is 2.92. The van der Waals surface area contributed by atoms with Crippen molar-refractivity contribution in [1.82, 2.24) is 15.2 Å². The summed E-state index contributed by atoms with van der Waals surface area (Å²) < 4.78 is 0. The van der Waals surface area contributed by atoms with E-state index < -0.39 is 0 Å². The highest BCUT2D eigenvalue weighted by atomic mass is 32.1. The lowest BCUT2D eigenvalue weighted by atomic mass is 10.1. The maximum atomic E-state index is 12.2. The Hall–Kier alpha value is -2.54. The standard InChI is InChI=1S/C12H9N5OS/c13-10-8-4-2-1-3-7(8)9(5-14-10)11(18)16-12-17-15-6-19-12/h1-6H,(H2,13,14)(H,16,17,18). The number of fused-ring (bicyclic) bond motifs is 1. The number of pyridine rings is 1. The number of nitrogens with one attached hydrogen (secondary N) is 1. The van der Waals surface area contributed by atoms with Crippen molar-refractivity contribution >= 4 is 39.0 Å². The lowest BCUT2D eigenvalue weighted by Crippen LogP contribution is -2.13. The van der Waals surface area contributed by atoms with E-state index in [0.29, 0.717) is 16.5 Å². The van der Waals surface area contributed by atoms with Gasteiger partial charge in [-0.15, -0.1) is 10.2 Å². The predicted octanol–water partition coefficient (Wildman–Crippen LogP) is 1.92. The molecule has 0 saturated heterocycles. The number of nitrogens with zero attached hydrogens (tertiary/aromatic N) is 3. The van der Waals surface area contributed by atoms with Crippen LogP contribution in [0.1, 0.15) is 10.4 Å². The zero-order valence-electron chi connectivity index (χ0n) is 9.70. The number of benzene rings is 1. The lowest BCUT2D eigenvalue weighted by molar-refractivity contribution is 0.102. The molecule has 1 amide bonds. The first kappa shape index (κ1) is 11.5. The number of carbonyl (C=O) groups is 1. The van der Waals surface area contributed by atoms with Crippen LogP contribution in [-0.2, 0) is 0 Å². The number of aromatic nitrogens is 3. The Balaban J connectivity index is 2.05. The van der Waals surface area contributed by atoms with Crippen LogP contribution in [0.3, 0.4) is 0 Å². The van der Waals surface area contributed by atoms with Crippen molar-refractivity contribution in [3.05, 3.63) is 41.5 Å². The van der Waals surface area contributed by atoms with E-state index in [0.717, 1.165) is 10.8 Å². The fraction of sp³-hybridized carbons (Fsp3) is 0. The van der Waals surface area contributed by atoms with Crippen molar-refractivity contribution in [3.8, 4) is 0 Å². The highest BCUT2D eigenvalue weighted by Crippen LogP contribution is 2.23. The van der Waals surface area contributed by atoms with Gasteiger partial charge in [0.25, 0.3) is 5.91 Å². The average molecular weight is 271 g/mol. The molecule has 2 aromatic heterocycles. The molecule has 3 aromatic rings. The maximum Gasteiger partial charge on any atom is 0.259 e. The molecule has 0 aliphatic carbocycles. The lowest BCUT2D eigenvalue weighted by Gasteiger charge is -2.07. The molecule has 0 unspecified atom stereocenters. The fourth-order valence-electron chi connectivity index (χ4n) is 1.79. The monoisotopic (exact) mass is 271 g/mol. The van der Waals surface area contributed by atoms with Crippen LogP contribution in [0, 0.1) is 0 Å². The maximum absolute atomic E-state index is 12.2. The molecule has 3 rings (SSSR count). The molecule has 0 spiro atoms. The minimum Gasteiger partial charge on any atom is -0.383 e. The first-order valence-corrected chi connectivity index (χ1v) is 6.34. The summed E-state index contributed by atoms with van der Waals surface area (Å²) in [5.74, 6) is 0.128. The molecule has 0 saturated carbocycles. The Bertz CT molecular complexity index is 741. The van der Waals surface area contributed by atoms with Crippen molar-refractivity contribution in [2.45, 2.75) is 0 Å². The molecule has 0 radical (unpaired) electrons. The molecular formula is C12H9N5OS. The van der Waals surface area contributed by atoms with Gasteiger partial charge in [0.05, 0.1) is 5.56 Å². The number of hydrogen-bond acceptors (Lipinski definition) is 6. The second-order valence-corrected chi connectivity index (χ2v) is 4.63. The number of anilines is 2. The molecule has 7 heteroatoms. The van der Waals surface area contributed by atoms with E-state index in [1.54, 1.807) is 5.51 Å². The van der Waals surface area contributed by atoms with Crippen LogP contribution >= 0.6 is 11.3 Å². The Morgan fingerprint density at radius 3 is 2.79 bits per heavy atom. The van der Waals surface area contributed by atoms with Crippen molar-refractivity contribution in [2.24, 2.45) is 0 Å². The molecule has 1 aromatic carbocycles. The summed E-state index contributed by atoms with van der Waals surface area (Å²) in [6, 6.07) is 7.37. The van der Waals surface area contributed by atoms with Gasteiger partial charge in [0, 0.05) is 11.6 Å². The van der Waals surface area contributed by atoms with Crippen LogP contribution in [0.15, 0.2) is 36.0 Å². The summed E-state index contributed by atoms with van der Waals surface area (Å²) in [7, 11) is 0. The zero-order chi connectivity index (χ0) is 13.2. The molecule has 0 bridgehead atoms. The van der Waals surface area contributed by atoms with Gasteiger partial charge in [-0.1, -0.05) is 35.6 Å². The quantitative estimate of drug-likeness (QED) is 0.742. The number of amides is 1. The van der Waals surface area contributed by atoms with Crippen LogP contribution < -0.4 is 11.1 Å². The van der Waals surface area contributed by atoms with Crippen LogP contribution in [0.4, 0.5) is 10.9 Å². The van der Waals surface area contributed by atoms with E-state index >= 15 is 0 Å². The van der Waals surface area contributed by atoms with Gasteiger partial charge in [0.2, 0.25) is 5.13 Å². The molecule has 0 fully saturated rings. The highest BCUT2D eigenvalue weighted by molar-refractivity contribution is 7.13. The third-order valence-corrected chi connectivity index (χ3v) is 3.26. The largest absolute Gasteiger partial charge is 0.383 e. The van der Waals surface area contributed by atoms with E-state index in [1.807, 2.05) is 24.3 Å². The van der Waals surface area contributed by atoms with Crippen molar-refractivity contribution in [1.29, 1.82) is 0 Å². The summed E-state index contributed by atoms with van der Waals surface area (Å²) in [5.41, 5.74) is 7.81. The van der Waals surface area contributed by atoms with Gasteiger partial charge in [0.1, 0.15) is 11.3 Å². The van der Waals surface area contributed by atoms with Crippen LogP contribution in [0.2, 0.25) is 0 Å². The van der Waals surface area contributed by atoms with Crippen molar-refractivity contribution < 1.29 is 4.79 Å². The van der Waals surface area contributed by atoms with Gasteiger partial charge < -0.3 is 5.73 Å². The van der Waals surface area contributed by atoms with Crippen LogP contribution in [0.25, 0.3) is 10.8 Å². The number of hydrogen-bond donors (Lipinski definition) is 2. The molecule has 3 N–H and O–H groups in total. The van der Waals surface area contributed by atoms with Gasteiger partial charge in [0.15, 0.2) is 0 Å².